The van der Waals surface area contributed by atoms with Crippen LogP contribution in [0.15, 0.2) is 54.9 Å². The molecule has 32 heavy (non-hydrogen) atoms. The van der Waals surface area contributed by atoms with Crippen molar-refractivity contribution < 1.29 is 5.11 Å². The molecule has 0 spiro atoms. The maximum absolute atomic E-state index is 11.0. The number of hydrogen-bond donors (Lipinski definition) is 2. The van der Waals surface area contributed by atoms with Crippen LogP contribution in [-0.4, -0.2) is 51.8 Å². The van der Waals surface area contributed by atoms with E-state index in [-0.39, 0.29) is 6.04 Å². The van der Waals surface area contributed by atoms with Crippen LogP contribution < -0.4 is 10.2 Å². The zero-order valence-electron chi connectivity index (χ0n) is 17.6. The molecule has 1 aromatic heterocycles. The van der Waals surface area contributed by atoms with Crippen LogP contribution in [0, 0.1) is 0 Å². The van der Waals surface area contributed by atoms with Gasteiger partial charge in [-0.3, -0.25) is 4.90 Å². The van der Waals surface area contributed by atoms with Gasteiger partial charge in [0.15, 0.2) is 0 Å². The summed E-state index contributed by atoms with van der Waals surface area (Å²) in [6.45, 7) is 3.26. The van der Waals surface area contributed by atoms with Crippen LogP contribution in [0.25, 0.3) is 0 Å². The first-order valence-corrected chi connectivity index (χ1v) is 11.6. The van der Waals surface area contributed by atoms with Crippen molar-refractivity contribution in [2.24, 2.45) is 0 Å². The first-order chi connectivity index (χ1) is 15.6. The summed E-state index contributed by atoms with van der Waals surface area (Å²) in [7, 11) is 0. The minimum absolute atomic E-state index is 0.157. The Balaban J connectivity index is 1.26. The fraction of sp³-hybridized carbons (Fsp3) is 0.333. The van der Waals surface area contributed by atoms with Crippen LogP contribution in [0.3, 0.4) is 0 Å². The Morgan fingerprint density at radius 1 is 1.00 bits per heavy atom. The molecule has 1 fully saturated rings. The smallest absolute Gasteiger partial charge is 0.135 e. The Labute approximate surface area is 197 Å². The van der Waals surface area contributed by atoms with E-state index in [1.165, 1.54) is 17.5 Å². The molecule has 3 heterocycles. The van der Waals surface area contributed by atoms with E-state index < -0.39 is 6.10 Å². The number of aliphatic hydroxyl groups is 1. The highest BCUT2D eigenvalue weighted by Gasteiger charge is 2.34. The molecule has 0 amide bonds. The van der Waals surface area contributed by atoms with E-state index >= 15 is 0 Å². The standard InChI is InChI=1S/C24H25Cl2N5O/c25-18-6-3-7-19(24(18)26)29-22-12-23(28-15-27-22)31-11-9-20(21(32)14-31)30-10-8-16-4-1-2-5-17(16)13-30/h1-7,12,15,20-21,32H,8-11,13-14H2,(H,27,28,29)/t20?,21-/m1/s1. The number of fused-ring (bicyclic) bond motifs is 1. The predicted octanol–water partition coefficient (Wildman–Crippen LogP) is 4.52. The number of anilines is 3. The Morgan fingerprint density at radius 3 is 2.69 bits per heavy atom. The molecule has 2 atom stereocenters. The van der Waals surface area contributed by atoms with E-state index in [4.69, 9.17) is 23.2 Å². The van der Waals surface area contributed by atoms with E-state index in [0.29, 0.717) is 28.1 Å². The minimum Gasteiger partial charge on any atom is -0.390 e. The number of β-amino-alcohol motifs (C(OH)–C–C–N with tert-alkyl or cyclic N) is 1. The fourth-order valence-corrected chi connectivity index (χ4v) is 5.03. The second-order valence-electron chi connectivity index (χ2n) is 8.35. The molecule has 2 aliphatic rings. The van der Waals surface area contributed by atoms with Crippen molar-refractivity contribution in [1.29, 1.82) is 0 Å². The van der Waals surface area contributed by atoms with Gasteiger partial charge in [-0.05, 0) is 36.1 Å². The lowest BCUT2D eigenvalue weighted by molar-refractivity contribution is 0.0293. The number of piperidine rings is 1. The van der Waals surface area contributed by atoms with Crippen molar-refractivity contribution >= 4 is 40.5 Å². The van der Waals surface area contributed by atoms with Crippen LogP contribution >= 0.6 is 23.2 Å². The first-order valence-electron chi connectivity index (χ1n) is 10.9. The van der Waals surface area contributed by atoms with Crippen LogP contribution in [0.2, 0.25) is 10.0 Å². The number of hydrogen-bond acceptors (Lipinski definition) is 6. The predicted molar refractivity (Wildman–Crippen MR) is 129 cm³/mol. The van der Waals surface area contributed by atoms with Gasteiger partial charge in [0.2, 0.25) is 0 Å². The number of aliphatic hydroxyl groups excluding tert-OH is 1. The van der Waals surface area contributed by atoms with Crippen molar-refractivity contribution in [3.8, 4) is 0 Å². The molecule has 0 saturated carbocycles. The van der Waals surface area contributed by atoms with Gasteiger partial charge in [0.25, 0.3) is 0 Å². The Morgan fingerprint density at radius 2 is 1.84 bits per heavy atom. The third-order valence-electron chi connectivity index (χ3n) is 6.37. The molecule has 1 unspecified atom stereocenters. The SMILES string of the molecule is O[C@@H]1CN(c2cc(Nc3cccc(Cl)c3Cl)ncn2)CCC1N1CCc2ccccc2C1. The van der Waals surface area contributed by atoms with Crippen molar-refractivity contribution in [2.75, 3.05) is 29.9 Å². The average molecular weight is 470 g/mol. The summed E-state index contributed by atoms with van der Waals surface area (Å²) in [5, 5.41) is 15.1. The molecule has 0 radical (unpaired) electrons. The Bertz CT molecular complexity index is 1110. The molecule has 5 rings (SSSR count). The number of aromatic nitrogens is 2. The van der Waals surface area contributed by atoms with Gasteiger partial charge in [-0.1, -0.05) is 53.5 Å². The van der Waals surface area contributed by atoms with E-state index in [0.717, 1.165) is 38.3 Å². The molecule has 8 heteroatoms. The summed E-state index contributed by atoms with van der Waals surface area (Å²) >= 11 is 12.4. The summed E-state index contributed by atoms with van der Waals surface area (Å²) in [6.07, 6.45) is 3.01. The number of nitrogens with zero attached hydrogens (tertiary/aromatic N) is 4. The van der Waals surface area contributed by atoms with Gasteiger partial charge in [0.05, 0.1) is 21.8 Å². The van der Waals surface area contributed by atoms with Gasteiger partial charge in [0, 0.05) is 38.3 Å². The number of nitrogens with one attached hydrogen (secondary N) is 1. The molecule has 2 aromatic carbocycles. The summed E-state index contributed by atoms with van der Waals surface area (Å²) in [5.74, 6) is 1.41. The van der Waals surface area contributed by atoms with E-state index in [1.807, 2.05) is 18.2 Å². The lowest BCUT2D eigenvalue weighted by atomic mass is 9.94. The number of benzene rings is 2. The number of halogens is 2. The summed E-state index contributed by atoms with van der Waals surface area (Å²) < 4.78 is 0. The zero-order chi connectivity index (χ0) is 22.1. The third kappa shape index (κ3) is 4.41. The molecule has 166 valence electrons. The molecule has 3 aromatic rings. The molecule has 0 aliphatic carbocycles. The zero-order valence-corrected chi connectivity index (χ0v) is 19.1. The highest BCUT2D eigenvalue weighted by atomic mass is 35.5. The Kier molecular flexibility index (Phi) is 6.20. The minimum atomic E-state index is -0.442. The molecule has 2 aliphatic heterocycles. The maximum atomic E-state index is 11.0. The van der Waals surface area contributed by atoms with Gasteiger partial charge in [0.1, 0.15) is 18.0 Å². The molecule has 6 nitrogen and oxygen atoms in total. The lowest BCUT2D eigenvalue weighted by Gasteiger charge is -2.43. The average Bonchev–Trinajstić information content (AvgIpc) is 2.82. The maximum Gasteiger partial charge on any atom is 0.135 e. The van der Waals surface area contributed by atoms with Gasteiger partial charge in [-0.2, -0.15) is 0 Å². The quantitative estimate of drug-likeness (QED) is 0.585. The van der Waals surface area contributed by atoms with Crippen molar-refractivity contribution in [1.82, 2.24) is 14.9 Å². The van der Waals surface area contributed by atoms with Gasteiger partial charge < -0.3 is 15.3 Å². The Hall–Kier alpha value is -2.38. The van der Waals surface area contributed by atoms with E-state index in [2.05, 4.69) is 49.4 Å². The summed E-state index contributed by atoms with van der Waals surface area (Å²) in [6, 6.07) is 16.1. The van der Waals surface area contributed by atoms with Crippen LogP contribution in [0.4, 0.5) is 17.3 Å². The summed E-state index contributed by atoms with van der Waals surface area (Å²) in [4.78, 5) is 13.3. The second-order valence-corrected chi connectivity index (χ2v) is 9.13. The highest BCUT2D eigenvalue weighted by Crippen LogP contribution is 2.32. The molecule has 2 N–H and O–H groups in total. The molecular weight excluding hydrogens is 445 g/mol. The fourth-order valence-electron chi connectivity index (χ4n) is 4.68. The number of rotatable bonds is 4. The van der Waals surface area contributed by atoms with Gasteiger partial charge >= 0.3 is 0 Å². The third-order valence-corrected chi connectivity index (χ3v) is 7.19. The largest absolute Gasteiger partial charge is 0.390 e. The molecule has 1 saturated heterocycles. The normalized spacial score (nSPS) is 21.3. The molecule has 0 bridgehead atoms. The monoisotopic (exact) mass is 469 g/mol. The van der Waals surface area contributed by atoms with E-state index in [9.17, 15) is 5.11 Å². The van der Waals surface area contributed by atoms with Crippen molar-refractivity contribution in [2.45, 2.75) is 31.5 Å². The van der Waals surface area contributed by atoms with Gasteiger partial charge in [-0.15, -0.1) is 0 Å². The molecular formula is C24H25Cl2N5O. The van der Waals surface area contributed by atoms with Crippen LogP contribution in [-0.2, 0) is 13.0 Å². The van der Waals surface area contributed by atoms with Gasteiger partial charge in [-0.25, -0.2) is 9.97 Å². The second kappa shape index (κ2) is 9.24. The van der Waals surface area contributed by atoms with Crippen molar-refractivity contribution in [3.63, 3.8) is 0 Å². The first kappa shape index (κ1) is 21.5. The topological polar surface area (TPSA) is 64.5 Å². The highest BCUT2D eigenvalue weighted by molar-refractivity contribution is 6.43. The lowest BCUT2D eigenvalue weighted by Crippen LogP contribution is -2.55. The van der Waals surface area contributed by atoms with Crippen LogP contribution in [0.5, 0.6) is 0 Å². The van der Waals surface area contributed by atoms with Crippen LogP contribution in [0.1, 0.15) is 17.5 Å². The summed E-state index contributed by atoms with van der Waals surface area (Å²) in [5.41, 5.74) is 3.49. The van der Waals surface area contributed by atoms with Crippen molar-refractivity contribution in [3.05, 3.63) is 76.0 Å². The van der Waals surface area contributed by atoms with E-state index in [1.54, 1.807) is 6.07 Å².